The summed E-state index contributed by atoms with van der Waals surface area (Å²) < 4.78 is 9.77. The average molecular weight is 280 g/mol. The van der Waals surface area contributed by atoms with Crippen molar-refractivity contribution in [1.29, 1.82) is 0 Å². The number of methoxy groups -OCH3 is 1. The Morgan fingerprint density at radius 1 is 1.35 bits per heavy atom. The lowest BCUT2D eigenvalue weighted by molar-refractivity contribution is -0.124. The number of esters is 1. The van der Waals surface area contributed by atoms with Crippen molar-refractivity contribution in [2.45, 2.75) is 13.3 Å². The smallest absolute Gasteiger partial charge is 0.338 e. The van der Waals surface area contributed by atoms with Gasteiger partial charge in [-0.1, -0.05) is 0 Å². The number of carbonyl (C=O) groups is 2. The van der Waals surface area contributed by atoms with E-state index in [1.807, 2.05) is 0 Å². The van der Waals surface area contributed by atoms with E-state index < -0.39 is 5.97 Å². The minimum Gasteiger partial charge on any atom is -0.452 e. The molecule has 0 spiro atoms. The summed E-state index contributed by atoms with van der Waals surface area (Å²) >= 11 is 0. The van der Waals surface area contributed by atoms with Gasteiger partial charge in [0.05, 0.1) is 5.56 Å². The molecule has 0 heterocycles. The van der Waals surface area contributed by atoms with E-state index in [1.165, 1.54) is 0 Å². The molecule has 0 aliphatic carbocycles. The lowest BCUT2D eigenvalue weighted by atomic mass is 10.1. The summed E-state index contributed by atoms with van der Waals surface area (Å²) in [4.78, 5) is 23.1. The first-order chi connectivity index (χ1) is 9.54. The van der Waals surface area contributed by atoms with Crippen LogP contribution in [0.5, 0.6) is 0 Å². The SMILES string of the molecule is COCCCNC(=O)COC(=O)c1ccc(N)c(C)c1. The number of benzene rings is 1. The molecule has 6 heteroatoms. The zero-order chi connectivity index (χ0) is 15.0. The average Bonchev–Trinajstić information content (AvgIpc) is 2.44. The van der Waals surface area contributed by atoms with E-state index in [1.54, 1.807) is 32.2 Å². The zero-order valence-corrected chi connectivity index (χ0v) is 11.8. The molecular formula is C14H20N2O4. The monoisotopic (exact) mass is 280 g/mol. The van der Waals surface area contributed by atoms with Gasteiger partial charge in [0.25, 0.3) is 5.91 Å². The standard InChI is InChI=1S/C14H20N2O4/c1-10-8-11(4-5-12(10)15)14(18)20-9-13(17)16-6-3-7-19-2/h4-5,8H,3,6-7,9,15H2,1-2H3,(H,16,17). The van der Waals surface area contributed by atoms with Crippen LogP contribution in [-0.4, -0.2) is 38.7 Å². The van der Waals surface area contributed by atoms with Gasteiger partial charge in [-0.3, -0.25) is 4.79 Å². The number of nitrogen functional groups attached to an aromatic ring is 1. The van der Waals surface area contributed by atoms with Crippen LogP contribution in [0.3, 0.4) is 0 Å². The molecule has 20 heavy (non-hydrogen) atoms. The molecule has 0 saturated carbocycles. The van der Waals surface area contributed by atoms with Gasteiger partial charge < -0.3 is 20.5 Å². The van der Waals surface area contributed by atoms with Crippen LogP contribution in [0.2, 0.25) is 0 Å². The zero-order valence-electron chi connectivity index (χ0n) is 11.8. The first kappa shape index (κ1) is 16.0. The van der Waals surface area contributed by atoms with Gasteiger partial charge in [0, 0.05) is 25.9 Å². The summed E-state index contributed by atoms with van der Waals surface area (Å²) in [6, 6.07) is 4.84. The molecule has 1 aromatic rings. The summed E-state index contributed by atoms with van der Waals surface area (Å²) in [6.45, 7) is 2.57. The number of nitrogens with one attached hydrogen (secondary N) is 1. The van der Waals surface area contributed by atoms with Gasteiger partial charge >= 0.3 is 5.97 Å². The Labute approximate surface area is 118 Å². The molecule has 0 saturated heterocycles. The molecule has 0 aromatic heterocycles. The Morgan fingerprint density at radius 2 is 2.10 bits per heavy atom. The summed E-state index contributed by atoms with van der Waals surface area (Å²) in [5.41, 5.74) is 7.45. The van der Waals surface area contributed by atoms with Gasteiger partial charge in [-0.05, 0) is 37.1 Å². The van der Waals surface area contributed by atoms with Gasteiger partial charge in [-0.15, -0.1) is 0 Å². The molecule has 0 aliphatic rings. The normalized spacial score (nSPS) is 10.1. The topological polar surface area (TPSA) is 90.6 Å². The summed E-state index contributed by atoms with van der Waals surface area (Å²) in [5, 5.41) is 2.63. The number of amides is 1. The molecule has 1 aromatic carbocycles. The van der Waals surface area contributed by atoms with Crippen LogP contribution in [0.25, 0.3) is 0 Å². The van der Waals surface area contributed by atoms with Crippen molar-refractivity contribution < 1.29 is 19.1 Å². The Bertz CT molecular complexity index is 474. The van der Waals surface area contributed by atoms with Crippen molar-refractivity contribution in [3.05, 3.63) is 29.3 Å². The number of aryl methyl sites for hydroxylation is 1. The third-order valence-electron chi connectivity index (χ3n) is 2.69. The number of rotatable bonds is 7. The van der Waals surface area contributed by atoms with E-state index in [2.05, 4.69) is 5.32 Å². The highest BCUT2D eigenvalue weighted by Crippen LogP contribution is 2.13. The van der Waals surface area contributed by atoms with Crippen LogP contribution in [-0.2, 0) is 14.3 Å². The molecule has 0 aliphatic heterocycles. The summed E-state index contributed by atoms with van der Waals surface area (Å²) in [5.74, 6) is -0.873. The highest BCUT2D eigenvalue weighted by Gasteiger charge is 2.10. The van der Waals surface area contributed by atoms with Crippen molar-refractivity contribution >= 4 is 17.6 Å². The van der Waals surface area contributed by atoms with Crippen LogP contribution in [0.4, 0.5) is 5.69 Å². The molecule has 6 nitrogen and oxygen atoms in total. The highest BCUT2D eigenvalue weighted by atomic mass is 16.5. The molecule has 0 unspecified atom stereocenters. The number of nitrogens with two attached hydrogens (primary N) is 1. The molecule has 0 atom stereocenters. The fraction of sp³-hybridized carbons (Fsp3) is 0.429. The predicted molar refractivity (Wildman–Crippen MR) is 75.4 cm³/mol. The number of hydrogen-bond acceptors (Lipinski definition) is 5. The lowest BCUT2D eigenvalue weighted by Gasteiger charge is -2.07. The van der Waals surface area contributed by atoms with Gasteiger partial charge in [0.1, 0.15) is 0 Å². The van der Waals surface area contributed by atoms with Gasteiger partial charge in [-0.25, -0.2) is 4.79 Å². The predicted octanol–water partition coefficient (Wildman–Crippen LogP) is 0.887. The minimum atomic E-state index is -0.542. The van der Waals surface area contributed by atoms with E-state index in [-0.39, 0.29) is 12.5 Å². The van der Waals surface area contributed by atoms with Crippen molar-refractivity contribution in [1.82, 2.24) is 5.32 Å². The summed E-state index contributed by atoms with van der Waals surface area (Å²) in [6.07, 6.45) is 0.716. The third kappa shape index (κ3) is 5.27. The second kappa shape index (κ2) is 8.16. The molecule has 0 radical (unpaired) electrons. The van der Waals surface area contributed by atoms with Crippen molar-refractivity contribution in [3.8, 4) is 0 Å². The third-order valence-corrected chi connectivity index (χ3v) is 2.69. The van der Waals surface area contributed by atoms with Crippen LogP contribution in [0.15, 0.2) is 18.2 Å². The van der Waals surface area contributed by atoms with E-state index in [0.717, 1.165) is 5.56 Å². The lowest BCUT2D eigenvalue weighted by Crippen LogP contribution is -2.30. The van der Waals surface area contributed by atoms with Crippen LogP contribution < -0.4 is 11.1 Å². The van der Waals surface area contributed by atoms with Crippen molar-refractivity contribution in [3.63, 3.8) is 0 Å². The van der Waals surface area contributed by atoms with Crippen LogP contribution in [0, 0.1) is 6.92 Å². The maximum absolute atomic E-state index is 11.7. The molecule has 110 valence electrons. The fourth-order valence-corrected chi connectivity index (χ4v) is 1.51. The van der Waals surface area contributed by atoms with Gasteiger partial charge in [-0.2, -0.15) is 0 Å². The van der Waals surface area contributed by atoms with E-state index in [4.69, 9.17) is 15.2 Å². The molecule has 3 N–H and O–H groups in total. The highest BCUT2D eigenvalue weighted by molar-refractivity contribution is 5.92. The van der Waals surface area contributed by atoms with Gasteiger partial charge in [0.2, 0.25) is 0 Å². The number of anilines is 1. The second-order valence-electron chi connectivity index (χ2n) is 4.34. The number of ether oxygens (including phenoxy) is 2. The number of hydrogen-bond donors (Lipinski definition) is 2. The Kier molecular flexibility index (Phi) is 6.52. The fourth-order valence-electron chi connectivity index (χ4n) is 1.51. The quantitative estimate of drug-likeness (QED) is 0.439. The first-order valence-corrected chi connectivity index (χ1v) is 6.33. The van der Waals surface area contributed by atoms with Gasteiger partial charge in [0.15, 0.2) is 6.61 Å². The van der Waals surface area contributed by atoms with Crippen molar-refractivity contribution in [2.24, 2.45) is 0 Å². The molecule has 0 bridgehead atoms. The second-order valence-corrected chi connectivity index (χ2v) is 4.34. The van der Waals surface area contributed by atoms with E-state index in [9.17, 15) is 9.59 Å². The Morgan fingerprint density at radius 3 is 2.75 bits per heavy atom. The maximum Gasteiger partial charge on any atom is 0.338 e. The Hall–Kier alpha value is -2.08. The molecule has 1 rings (SSSR count). The first-order valence-electron chi connectivity index (χ1n) is 6.33. The van der Waals surface area contributed by atoms with Crippen molar-refractivity contribution in [2.75, 3.05) is 32.6 Å². The van der Waals surface area contributed by atoms with Crippen LogP contribution >= 0.6 is 0 Å². The molecular weight excluding hydrogens is 260 g/mol. The van der Waals surface area contributed by atoms with E-state index in [0.29, 0.717) is 30.8 Å². The maximum atomic E-state index is 11.7. The molecule has 1 amide bonds. The Balaban J connectivity index is 2.35. The minimum absolute atomic E-state index is 0.296. The largest absolute Gasteiger partial charge is 0.452 e. The molecule has 0 fully saturated rings. The van der Waals surface area contributed by atoms with Crippen LogP contribution in [0.1, 0.15) is 22.3 Å². The number of carbonyl (C=O) groups excluding carboxylic acids is 2. The summed E-state index contributed by atoms with van der Waals surface area (Å²) in [7, 11) is 1.60. The van der Waals surface area contributed by atoms with E-state index >= 15 is 0 Å².